The van der Waals surface area contributed by atoms with E-state index in [0.29, 0.717) is 0 Å². The highest BCUT2D eigenvalue weighted by molar-refractivity contribution is 6.00. The first-order chi connectivity index (χ1) is 14.4. The number of anilines is 1. The highest BCUT2D eigenvalue weighted by atomic mass is 16.0. The topological polar surface area (TPSA) is 30.9 Å². The van der Waals surface area contributed by atoms with Crippen molar-refractivity contribution in [1.82, 2.24) is 10.5 Å². The first kappa shape index (κ1) is 17.5. The van der Waals surface area contributed by atoms with Crippen LogP contribution >= 0.6 is 0 Å². The summed E-state index contributed by atoms with van der Waals surface area (Å²) in [5, 5.41) is 9.07. The van der Waals surface area contributed by atoms with Crippen molar-refractivity contribution in [2.45, 2.75) is 12.0 Å². The van der Waals surface area contributed by atoms with Crippen LogP contribution in [0, 0.1) is 0 Å². The Morgan fingerprint density at radius 3 is 2.07 bits per heavy atom. The number of nitrogens with one attached hydrogen (secondary N) is 1. The maximum absolute atomic E-state index is 4.96. The van der Waals surface area contributed by atoms with Gasteiger partial charge in [-0.25, -0.2) is 0 Å². The fraction of sp³-hybridized carbons (Fsp3) is 0.0800. The molecular formula is C25H22N4. The molecule has 0 saturated carbocycles. The number of hydrazine groups is 2. The Balaban J connectivity index is 1.63. The van der Waals surface area contributed by atoms with Crippen LogP contribution in [0.5, 0.6) is 0 Å². The Bertz CT molecular complexity index is 1060. The van der Waals surface area contributed by atoms with Gasteiger partial charge in [0.1, 0.15) is 5.54 Å². The van der Waals surface area contributed by atoms with Crippen LogP contribution in [-0.4, -0.2) is 11.0 Å². The Kier molecular flexibility index (Phi) is 4.47. The molecule has 29 heavy (non-hydrogen) atoms. The van der Waals surface area contributed by atoms with E-state index >= 15 is 0 Å². The standard InChI is InChI=1S/C25H22N4/c1-5-13-21(14-6-1)24-26-28(23-17-9-3-10-18-23)29(27-24)25(19-11-4-12-20-25)22-15-7-2-8-16-22/h1-19H,20H2,(H,26,27)/t25-/m0/s1. The molecule has 0 unspecified atom stereocenters. The molecule has 0 aromatic heterocycles. The Morgan fingerprint density at radius 2 is 1.41 bits per heavy atom. The summed E-state index contributed by atoms with van der Waals surface area (Å²) in [5.41, 5.74) is 6.45. The van der Waals surface area contributed by atoms with Crippen LogP contribution in [0.2, 0.25) is 0 Å². The first-order valence-corrected chi connectivity index (χ1v) is 9.83. The van der Waals surface area contributed by atoms with E-state index in [-0.39, 0.29) is 0 Å². The van der Waals surface area contributed by atoms with Crippen molar-refractivity contribution in [3.63, 3.8) is 0 Å². The molecule has 0 spiro atoms. The fourth-order valence-electron chi connectivity index (χ4n) is 3.86. The van der Waals surface area contributed by atoms with Gasteiger partial charge in [-0.05, 0) is 24.1 Å². The minimum Gasteiger partial charge on any atom is -0.280 e. The van der Waals surface area contributed by atoms with Gasteiger partial charge in [0.25, 0.3) is 0 Å². The van der Waals surface area contributed by atoms with Gasteiger partial charge in [0.2, 0.25) is 0 Å². The number of amidine groups is 1. The Hall–Kier alpha value is -3.63. The molecular weight excluding hydrogens is 356 g/mol. The Labute approximate surface area is 171 Å². The van der Waals surface area contributed by atoms with E-state index in [1.54, 1.807) is 0 Å². The summed E-state index contributed by atoms with van der Waals surface area (Å²) >= 11 is 0. The lowest BCUT2D eigenvalue weighted by Crippen LogP contribution is -2.57. The number of nitrogens with zero attached hydrogens (tertiary/aromatic N) is 3. The number of hydrogen-bond donors (Lipinski definition) is 1. The zero-order valence-electron chi connectivity index (χ0n) is 16.0. The summed E-state index contributed by atoms with van der Waals surface area (Å²) in [6.45, 7) is 0. The molecule has 2 aliphatic rings. The molecule has 4 nitrogen and oxygen atoms in total. The molecule has 5 rings (SSSR count). The molecule has 3 aromatic carbocycles. The van der Waals surface area contributed by atoms with Crippen LogP contribution < -0.4 is 10.5 Å². The van der Waals surface area contributed by atoms with E-state index in [0.717, 1.165) is 23.5 Å². The highest BCUT2D eigenvalue weighted by Gasteiger charge is 2.44. The van der Waals surface area contributed by atoms with Gasteiger partial charge < -0.3 is 0 Å². The molecule has 0 fully saturated rings. The van der Waals surface area contributed by atoms with Gasteiger partial charge in [-0.1, -0.05) is 108 Å². The van der Waals surface area contributed by atoms with E-state index in [4.69, 9.17) is 5.10 Å². The third kappa shape index (κ3) is 3.13. The minimum atomic E-state index is -0.397. The van der Waals surface area contributed by atoms with Crippen molar-refractivity contribution < 1.29 is 0 Å². The van der Waals surface area contributed by atoms with Crippen molar-refractivity contribution in [2.24, 2.45) is 5.10 Å². The minimum absolute atomic E-state index is 0.397. The molecule has 0 bridgehead atoms. The van der Waals surface area contributed by atoms with Crippen molar-refractivity contribution in [1.29, 1.82) is 0 Å². The average molecular weight is 378 g/mol. The monoisotopic (exact) mass is 378 g/mol. The molecule has 1 aliphatic carbocycles. The summed E-state index contributed by atoms with van der Waals surface area (Å²) < 4.78 is 0. The number of hydrazone groups is 1. The fourth-order valence-corrected chi connectivity index (χ4v) is 3.86. The maximum Gasteiger partial charge on any atom is 0.171 e. The second kappa shape index (κ2) is 7.41. The molecule has 1 atom stereocenters. The lowest BCUT2D eigenvalue weighted by Gasteiger charge is -2.43. The number of allylic oxidation sites excluding steroid dienone is 2. The summed E-state index contributed by atoms with van der Waals surface area (Å²) in [4.78, 5) is 0. The third-order valence-electron chi connectivity index (χ3n) is 5.33. The van der Waals surface area contributed by atoms with E-state index < -0.39 is 5.54 Å². The highest BCUT2D eigenvalue weighted by Crippen LogP contribution is 2.39. The number of rotatable bonds is 4. The molecule has 0 radical (unpaired) electrons. The van der Waals surface area contributed by atoms with Crippen LogP contribution in [0.25, 0.3) is 0 Å². The van der Waals surface area contributed by atoms with Gasteiger partial charge >= 0.3 is 0 Å². The summed E-state index contributed by atoms with van der Waals surface area (Å²) in [6, 6.07) is 31.1. The van der Waals surface area contributed by atoms with Crippen molar-refractivity contribution in [3.05, 3.63) is 126 Å². The molecule has 1 heterocycles. The lowest BCUT2D eigenvalue weighted by atomic mass is 9.84. The van der Waals surface area contributed by atoms with Gasteiger partial charge in [-0.2, -0.15) is 5.12 Å². The molecule has 0 amide bonds. The molecule has 0 saturated heterocycles. The van der Waals surface area contributed by atoms with Gasteiger partial charge in [-0.15, -0.1) is 5.10 Å². The van der Waals surface area contributed by atoms with Crippen molar-refractivity contribution in [3.8, 4) is 0 Å². The number of benzene rings is 3. The number of hydrogen-bond acceptors (Lipinski definition) is 4. The predicted molar refractivity (Wildman–Crippen MR) is 118 cm³/mol. The van der Waals surface area contributed by atoms with Crippen LogP contribution in [0.15, 0.2) is 120 Å². The van der Waals surface area contributed by atoms with Gasteiger partial charge in [-0.3, -0.25) is 5.43 Å². The first-order valence-electron chi connectivity index (χ1n) is 9.83. The van der Waals surface area contributed by atoms with Crippen molar-refractivity contribution >= 4 is 11.5 Å². The normalized spacial score (nSPS) is 21.1. The Morgan fingerprint density at radius 1 is 0.759 bits per heavy atom. The second-order valence-electron chi connectivity index (χ2n) is 7.14. The van der Waals surface area contributed by atoms with Crippen LogP contribution in [-0.2, 0) is 5.54 Å². The average Bonchev–Trinajstić information content (AvgIpc) is 3.27. The van der Waals surface area contributed by atoms with Crippen LogP contribution in [0.3, 0.4) is 0 Å². The largest absolute Gasteiger partial charge is 0.280 e. The molecule has 3 aromatic rings. The second-order valence-corrected chi connectivity index (χ2v) is 7.14. The van der Waals surface area contributed by atoms with E-state index in [1.807, 2.05) is 41.5 Å². The van der Waals surface area contributed by atoms with Crippen LogP contribution in [0.1, 0.15) is 17.5 Å². The molecule has 1 aliphatic heterocycles. The molecule has 142 valence electrons. The number of para-hydroxylation sites is 1. The van der Waals surface area contributed by atoms with Gasteiger partial charge in [0, 0.05) is 5.56 Å². The zero-order valence-corrected chi connectivity index (χ0v) is 16.0. The lowest BCUT2D eigenvalue weighted by molar-refractivity contribution is 0.0965. The van der Waals surface area contributed by atoms with Gasteiger partial charge in [0.15, 0.2) is 5.84 Å². The van der Waals surface area contributed by atoms with Crippen LogP contribution in [0.4, 0.5) is 5.69 Å². The predicted octanol–water partition coefficient (Wildman–Crippen LogP) is 5.00. The van der Waals surface area contributed by atoms with Gasteiger partial charge in [0.05, 0.1) is 5.69 Å². The smallest absolute Gasteiger partial charge is 0.171 e. The summed E-state index contributed by atoms with van der Waals surface area (Å²) in [7, 11) is 0. The molecule has 4 heteroatoms. The molecule has 1 N–H and O–H groups in total. The quantitative estimate of drug-likeness (QED) is 0.693. The zero-order chi connectivity index (χ0) is 19.5. The SMILES string of the molecule is C1=CC[C@@](c2ccccc2)(N2NC(c3ccccc3)=NN2c2ccccc2)C=C1. The summed E-state index contributed by atoms with van der Waals surface area (Å²) in [5.74, 6) is 0.827. The third-order valence-corrected chi connectivity index (χ3v) is 5.33. The van der Waals surface area contributed by atoms with Crippen molar-refractivity contribution in [2.75, 3.05) is 5.12 Å². The van der Waals surface area contributed by atoms with E-state index in [1.165, 1.54) is 5.56 Å². The summed E-state index contributed by atoms with van der Waals surface area (Å²) in [6.07, 6.45) is 9.50. The maximum atomic E-state index is 4.96. The van der Waals surface area contributed by atoms with E-state index in [9.17, 15) is 0 Å². The van der Waals surface area contributed by atoms with E-state index in [2.05, 4.69) is 89.4 Å².